The predicted octanol–water partition coefficient (Wildman–Crippen LogP) is 1.32. The zero-order chi connectivity index (χ0) is 10.5. The minimum Gasteiger partial charge on any atom is -0.358 e. The van der Waals surface area contributed by atoms with E-state index in [1.54, 1.807) is 12.4 Å². The first-order chi connectivity index (χ1) is 7.34. The van der Waals surface area contributed by atoms with E-state index in [-0.39, 0.29) is 12.5 Å². The van der Waals surface area contributed by atoms with Crippen molar-refractivity contribution in [1.82, 2.24) is 5.32 Å². The lowest BCUT2D eigenvalue weighted by atomic mass is 10.2. The highest BCUT2D eigenvalue weighted by atomic mass is 17.2. The number of nitrogens with one attached hydrogen (secondary N) is 1. The SMILES string of the molecule is CC1=CNC(OOC2CCCCO2)C=N1. The maximum Gasteiger partial charge on any atom is 0.198 e. The van der Waals surface area contributed by atoms with Gasteiger partial charge in [-0.25, -0.2) is 9.78 Å². The zero-order valence-electron chi connectivity index (χ0n) is 8.81. The fourth-order valence-corrected chi connectivity index (χ4v) is 1.43. The second kappa shape index (κ2) is 5.25. The largest absolute Gasteiger partial charge is 0.358 e. The van der Waals surface area contributed by atoms with Crippen molar-refractivity contribution in [3.8, 4) is 0 Å². The molecule has 2 atom stereocenters. The Labute approximate surface area is 89.0 Å². The van der Waals surface area contributed by atoms with Gasteiger partial charge in [-0.2, -0.15) is 0 Å². The average molecular weight is 212 g/mol. The third kappa shape index (κ3) is 3.30. The fourth-order valence-electron chi connectivity index (χ4n) is 1.43. The Balaban J connectivity index is 1.67. The van der Waals surface area contributed by atoms with E-state index in [1.807, 2.05) is 6.92 Å². The van der Waals surface area contributed by atoms with Gasteiger partial charge >= 0.3 is 0 Å². The third-order valence-corrected chi connectivity index (χ3v) is 2.27. The topological polar surface area (TPSA) is 52.1 Å². The Morgan fingerprint density at radius 1 is 1.47 bits per heavy atom. The molecule has 2 aliphatic heterocycles. The van der Waals surface area contributed by atoms with Gasteiger partial charge in [0.2, 0.25) is 0 Å². The van der Waals surface area contributed by atoms with Crippen LogP contribution in [0, 0.1) is 0 Å². The van der Waals surface area contributed by atoms with Crippen molar-refractivity contribution >= 4 is 6.21 Å². The van der Waals surface area contributed by atoms with E-state index in [1.165, 1.54) is 0 Å². The lowest BCUT2D eigenvalue weighted by molar-refractivity contribution is -0.395. The highest BCUT2D eigenvalue weighted by molar-refractivity contribution is 5.65. The maximum absolute atomic E-state index is 5.36. The Bertz CT molecular complexity index is 259. The van der Waals surface area contributed by atoms with Crippen LogP contribution in [-0.4, -0.2) is 25.3 Å². The van der Waals surface area contributed by atoms with Crippen LogP contribution in [0.3, 0.4) is 0 Å². The monoisotopic (exact) mass is 212 g/mol. The summed E-state index contributed by atoms with van der Waals surface area (Å²) in [5.41, 5.74) is 0.920. The second-order valence-corrected chi connectivity index (χ2v) is 3.64. The average Bonchev–Trinajstić information content (AvgIpc) is 2.30. The van der Waals surface area contributed by atoms with E-state index in [2.05, 4.69) is 10.3 Å². The van der Waals surface area contributed by atoms with Crippen molar-refractivity contribution < 1.29 is 14.5 Å². The first-order valence-corrected chi connectivity index (χ1v) is 5.25. The van der Waals surface area contributed by atoms with E-state index in [0.717, 1.165) is 31.6 Å². The Hall–Kier alpha value is -0.910. The first-order valence-electron chi connectivity index (χ1n) is 5.25. The smallest absolute Gasteiger partial charge is 0.198 e. The number of allylic oxidation sites excluding steroid dienone is 1. The molecule has 5 nitrogen and oxygen atoms in total. The highest BCUT2D eigenvalue weighted by Gasteiger charge is 2.17. The highest BCUT2D eigenvalue weighted by Crippen LogP contribution is 2.14. The molecule has 0 aromatic rings. The molecule has 2 heterocycles. The lowest BCUT2D eigenvalue weighted by Crippen LogP contribution is -2.34. The van der Waals surface area contributed by atoms with Crippen LogP contribution in [0.1, 0.15) is 26.2 Å². The molecule has 0 aromatic heterocycles. The summed E-state index contributed by atoms with van der Waals surface area (Å²) in [6, 6.07) is 0. The molecule has 84 valence electrons. The summed E-state index contributed by atoms with van der Waals surface area (Å²) >= 11 is 0. The number of aliphatic imine (C=N–C) groups is 1. The van der Waals surface area contributed by atoms with Gasteiger partial charge in [0.25, 0.3) is 0 Å². The van der Waals surface area contributed by atoms with Gasteiger partial charge in [-0.05, 0) is 19.8 Å². The summed E-state index contributed by atoms with van der Waals surface area (Å²) in [5.74, 6) is 0. The summed E-state index contributed by atoms with van der Waals surface area (Å²) < 4.78 is 5.36. The van der Waals surface area contributed by atoms with Crippen LogP contribution in [0.25, 0.3) is 0 Å². The normalized spacial score (nSPS) is 30.9. The van der Waals surface area contributed by atoms with Crippen molar-refractivity contribution in [2.45, 2.75) is 38.7 Å². The van der Waals surface area contributed by atoms with Crippen LogP contribution in [0.15, 0.2) is 16.9 Å². The van der Waals surface area contributed by atoms with Gasteiger partial charge in [0.05, 0.1) is 11.9 Å². The van der Waals surface area contributed by atoms with Crippen LogP contribution in [0.2, 0.25) is 0 Å². The Morgan fingerprint density at radius 2 is 2.40 bits per heavy atom. The van der Waals surface area contributed by atoms with E-state index in [4.69, 9.17) is 14.5 Å². The minimum absolute atomic E-state index is 0.235. The van der Waals surface area contributed by atoms with Crippen molar-refractivity contribution in [2.75, 3.05) is 6.61 Å². The maximum atomic E-state index is 5.36. The number of ether oxygens (including phenoxy) is 1. The molecule has 15 heavy (non-hydrogen) atoms. The van der Waals surface area contributed by atoms with Gasteiger partial charge in [-0.3, -0.25) is 4.99 Å². The van der Waals surface area contributed by atoms with Crippen molar-refractivity contribution in [3.63, 3.8) is 0 Å². The molecule has 0 amide bonds. The third-order valence-electron chi connectivity index (χ3n) is 2.27. The van der Waals surface area contributed by atoms with Crippen molar-refractivity contribution in [1.29, 1.82) is 0 Å². The molecule has 2 rings (SSSR count). The fraction of sp³-hybridized carbons (Fsp3) is 0.700. The number of hydrogen-bond acceptors (Lipinski definition) is 5. The molecule has 0 bridgehead atoms. The molecule has 0 aliphatic carbocycles. The minimum atomic E-state index is -0.320. The molecule has 0 aromatic carbocycles. The van der Waals surface area contributed by atoms with E-state index >= 15 is 0 Å². The summed E-state index contributed by atoms with van der Waals surface area (Å²) in [7, 11) is 0. The number of nitrogens with zero attached hydrogens (tertiary/aromatic N) is 1. The molecule has 1 fully saturated rings. The van der Waals surface area contributed by atoms with Crippen molar-refractivity contribution in [2.24, 2.45) is 4.99 Å². The van der Waals surface area contributed by atoms with Crippen LogP contribution in [0.4, 0.5) is 0 Å². The molecule has 1 saturated heterocycles. The van der Waals surface area contributed by atoms with Gasteiger partial charge in [0.1, 0.15) is 0 Å². The molecule has 0 radical (unpaired) electrons. The molecule has 0 saturated carbocycles. The molecule has 1 N–H and O–H groups in total. The Kier molecular flexibility index (Phi) is 3.71. The standard InChI is InChI=1S/C10H16N2O3/c1-8-6-12-9(7-11-8)14-15-10-4-2-3-5-13-10/h6-7,9-10,12H,2-5H2,1H3. The van der Waals surface area contributed by atoms with Gasteiger partial charge in [0, 0.05) is 19.2 Å². The zero-order valence-corrected chi connectivity index (χ0v) is 8.81. The molecule has 0 spiro atoms. The van der Waals surface area contributed by atoms with E-state index in [9.17, 15) is 0 Å². The van der Waals surface area contributed by atoms with Gasteiger partial charge in [-0.1, -0.05) is 0 Å². The van der Waals surface area contributed by atoms with Gasteiger partial charge < -0.3 is 10.1 Å². The summed E-state index contributed by atoms with van der Waals surface area (Å²) in [4.78, 5) is 14.4. The summed E-state index contributed by atoms with van der Waals surface area (Å²) in [5, 5.41) is 2.99. The van der Waals surface area contributed by atoms with E-state index < -0.39 is 0 Å². The molecule has 5 heteroatoms. The molecule has 2 unspecified atom stereocenters. The van der Waals surface area contributed by atoms with Crippen LogP contribution < -0.4 is 5.32 Å². The second-order valence-electron chi connectivity index (χ2n) is 3.64. The quantitative estimate of drug-likeness (QED) is 0.566. The molecular formula is C10H16N2O3. The Morgan fingerprint density at radius 3 is 3.07 bits per heavy atom. The lowest BCUT2D eigenvalue weighted by Gasteiger charge is -2.23. The van der Waals surface area contributed by atoms with Crippen molar-refractivity contribution in [3.05, 3.63) is 11.9 Å². The summed E-state index contributed by atoms with van der Waals surface area (Å²) in [6.45, 7) is 2.66. The van der Waals surface area contributed by atoms with Crippen LogP contribution in [-0.2, 0) is 14.5 Å². The van der Waals surface area contributed by atoms with E-state index in [0.29, 0.717) is 0 Å². The predicted molar refractivity (Wildman–Crippen MR) is 54.9 cm³/mol. The summed E-state index contributed by atoms with van der Waals surface area (Å²) in [6.07, 6.45) is 6.01. The number of rotatable bonds is 3. The van der Waals surface area contributed by atoms with Gasteiger partial charge in [-0.15, -0.1) is 0 Å². The molecular weight excluding hydrogens is 196 g/mol. The first kappa shape index (κ1) is 10.6. The van der Waals surface area contributed by atoms with Crippen LogP contribution >= 0.6 is 0 Å². The van der Waals surface area contributed by atoms with Gasteiger partial charge in [0.15, 0.2) is 12.5 Å². The number of hydrogen-bond donors (Lipinski definition) is 1. The molecule has 2 aliphatic rings. The van der Waals surface area contributed by atoms with Crippen LogP contribution in [0.5, 0.6) is 0 Å².